The van der Waals surface area contributed by atoms with Crippen molar-refractivity contribution in [2.75, 3.05) is 0 Å². The number of rotatable bonds is 5. The lowest BCUT2D eigenvalue weighted by Crippen LogP contribution is -2.31. The van der Waals surface area contributed by atoms with Gasteiger partial charge in [0, 0.05) is 4.90 Å². The highest BCUT2D eigenvalue weighted by atomic mass is 32.2. The number of aryl methyl sites for hydroxylation is 1. The summed E-state index contributed by atoms with van der Waals surface area (Å²) in [7, 11) is 0. The predicted molar refractivity (Wildman–Crippen MR) is 62.8 cm³/mol. The van der Waals surface area contributed by atoms with Gasteiger partial charge in [-0.1, -0.05) is 29.5 Å². The van der Waals surface area contributed by atoms with E-state index in [2.05, 4.69) is 0 Å². The fourth-order valence-electron chi connectivity index (χ4n) is 1.00. The number of ether oxygens (including phenoxy) is 1. The van der Waals surface area contributed by atoms with Crippen LogP contribution in [0.15, 0.2) is 29.2 Å². The highest BCUT2D eigenvalue weighted by Crippen LogP contribution is 2.23. The number of nitrogens with two attached hydrogens (primary N) is 1. The smallest absolute Gasteiger partial charge is 0.246 e. The molecule has 0 radical (unpaired) electrons. The first-order valence-electron chi connectivity index (χ1n) is 4.85. The molecule has 0 fully saturated rings. The summed E-state index contributed by atoms with van der Waals surface area (Å²) in [6.07, 6.45) is -0.798. The van der Waals surface area contributed by atoms with E-state index >= 15 is 0 Å². The maximum Gasteiger partial charge on any atom is 0.246 e. The van der Waals surface area contributed by atoms with Gasteiger partial charge in [-0.2, -0.15) is 0 Å². The van der Waals surface area contributed by atoms with Gasteiger partial charge >= 0.3 is 0 Å². The van der Waals surface area contributed by atoms with Crippen molar-refractivity contribution in [3.63, 3.8) is 0 Å². The van der Waals surface area contributed by atoms with Gasteiger partial charge in [-0.15, -0.1) is 0 Å². The predicted octanol–water partition coefficient (Wildman–Crippen LogP) is 1.25. The summed E-state index contributed by atoms with van der Waals surface area (Å²) in [4.78, 5) is 11.6. The van der Waals surface area contributed by atoms with Crippen LogP contribution in [0, 0.1) is 6.92 Å². The molecule has 0 spiro atoms. The molecule has 1 amide bonds. The second kappa shape index (κ2) is 5.89. The number of hydrogen-bond donors (Lipinski definition) is 2. The van der Waals surface area contributed by atoms with Crippen LogP contribution < -0.4 is 5.73 Å². The lowest BCUT2D eigenvalue weighted by atomic mass is 10.2. The molecule has 0 aliphatic carbocycles. The average molecular weight is 241 g/mol. The van der Waals surface area contributed by atoms with Crippen LogP contribution in [0.4, 0.5) is 0 Å². The minimum atomic E-state index is -1.09. The van der Waals surface area contributed by atoms with E-state index in [1.807, 2.05) is 31.2 Å². The fourth-order valence-corrected chi connectivity index (χ4v) is 1.75. The first kappa shape index (κ1) is 13.0. The van der Waals surface area contributed by atoms with E-state index in [1.165, 1.54) is 6.92 Å². The molecule has 0 heterocycles. The molecule has 2 unspecified atom stereocenters. The van der Waals surface area contributed by atoms with Gasteiger partial charge < -0.3 is 15.6 Å². The number of hydrogen-bond acceptors (Lipinski definition) is 4. The third-order valence-electron chi connectivity index (χ3n) is 1.98. The van der Waals surface area contributed by atoms with Crippen molar-refractivity contribution in [2.45, 2.75) is 30.5 Å². The van der Waals surface area contributed by atoms with E-state index in [1.54, 1.807) is 0 Å². The Labute approximate surface area is 98.8 Å². The number of aliphatic hydroxyl groups excluding tert-OH is 1. The zero-order valence-electron chi connectivity index (χ0n) is 9.21. The van der Waals surface area contributed by atoms with E-state index in [9.17, 15) is 9.90 Å². The average Bonchev–Trinajstić information content (AvgIpc) is 2.21. The van der Waals surface area contributed by atoms with Crippen molar-refractivity contribution in [2.24, 2.45) is 5.73 Å². The van der Waals surface area contributed by atoms with Gasteiger partial charge in [0.05, 0.1) is 0 Å². The van der Waals surface area contributed by atoms with E-state index in [0.29, 0.717) is 0 Å². The molecule has 1 aromatic rings. The molecule has 0 aliphatic rings. The van der Waals surface area contributed by atoms with Gasteiger partial charge in [0.25, 0.3) is 0 Å². The first-order chi connectivity index (χ1) is 7.49. The zero-order valence-corrected chi connectivity index (χ0v) is 10.0. The number of benzene rings is 1. The number of thioether (sulfide) groups is 1. The molecule has 0 saturated carbocycles. The van der Waals surface area contributed by atoms with E-state index in [0.717, 1.165) is 22.2 Å². The van der Waals surface area contributed by atoms with Crippen LogP contribution in [0.25, 0.3) is 0 Å². The van der Waals surface area contributed by atoms with Gasteiger partial charge in [-0.25, -0.2) is 0 Å². The summed E-state index contributed by atoms with van der Waals surface area (Å²) in [6.45, 7) is 3.48. The molecule has 4 nitrogen and oxygen atoms in total. The molecule has 1 rings (SSSR count). The highest BCUT2D eigenvalue weighted by molar-refractivity contribution is 7.99. The summed E-state index contributed by atoms with van der Waals surface area (Å²) in [5.41, 5.74) is 5.06. The minimum absolute atomic E-state index is 0.594. The molecule has 2 atom stereocenters. The first-order valence-corrected chi connectivity index (χ1v) is 5.73. The Kier molecular flexibility index (Phi) is 4.79. The molecule has 0 aliphatic heterocycles. The van der Waals surface area contributed by atoms with Crippen molar-refractivity contribution in [1.29, 1.82) is 0 Å². The monoisotopic (exact) mass is 241 g/mol. The maximum atomic E-state index is 10.7. The summed E-state index contributed by atoms with van der Waals surface area (Å²) in [5, 5.41) is 9.52. The number of amides is 1. The summed E-state index contributed by atoms with van der Waals surface area (Å²) in [5.74, 6) is -0.594. The van der Waals surface area contributed by atoms with Crippen molar-refractivity contribution in [3.8, 4) is 0 Å². The molecular weight excluding hydrogens is 226 g/mol. The van der Waals surface area contributed by atoms with Gasteiger partial charge in [-0.3, -0.25) is 4.79 Å². The Morgan fingerprint density at radius 2 is 2.00 bits per heavy atom. The Bertz CT molecular complexity index is 353. The largest absolute Gasteiger partial charge is 0.367 e. The van der Waals surface area contributed by atoms with Gasteiger partial charge in [0.2, 0.25) is 11.5 Å². The van der Waals surface area contributed by atoms with Crippen molar-refractivity contribution in [1.82, 2.24) is 0 Å². The second-order valence-corrected chi connectivity index (χ2v) is 4.53. The number of carbonyl (C=O) groups excluding carboxylic acids is 1. The van der Waals surface area contributed by atoms with Crippen LogP contribution in [0.3, 0.4) is 0 Å². The van der Waals surface area contributed by atoms with E-state index in [-0.39, 0.29) is 0 Å². The van der Waals surface area contributed by atoms with Gasteiger partial charge in [-0.05, 0) is 26.0 Å². The number of primary amides is 1. The topological polar surface area (TPSA) is 72.6 Å². The fraction of sp³-hybridized carbons (Fsp3) is 0.364. The zero-order chi connectivity index (χ0) is 12.1. The summed E-state index contributed by atoms with van der Waals surface area (Å²) in [6, 6.07) is 7.63. The van der Waals surface area contributed by atoms with Crippen LogP contribution >= 0.6 is 11.8 Å². The third kappa shape index (κ3) is 4.22. The normalized spacial score (nSPS) is 14.4. The standard InChI is InChI=1S/C11H15NO3S/c1-7-3-5-9(6-4-7)16-11(14)15-8(2)10(12)13/h3-6,8,11,14H,1-2H3,(H2,12,13). The van der Waals surface area contributed by atoms with Crippen LogP contribution in [0.2, 0.25) is 0 Å². The quantitative estimate of drug-likeness (QED) is 0.601. The molecule has 0 saturated heterocycles. The van der Waals surface area contributed by atoms with Crippen molar-refractivity contribution >= 4 is 17.7 Å². The van der Waals surface area contributed by atoms with Crippen LogP contribution in [0.5, 0.6) is 0 Å². The SMILES string of the molecule is Cc1ccc(SC(O)OC(C)C(N)=O)cc1. The number of carbonyl (C=O) groups is 1. The van der Waals surface area contributed by atoms with Crippen LogP contribution in [-0.2, 0) is 9.53 Å². The Morgan fingerprint density at radius 3 is 2.50 bits per heavy atom. The molecule has 16 heavy (non-hydrogen) atoms. The highest BCUT2D eigenvalue weighted by Gasteiger charge is 2.15. The van der Waals surface area contributed by atoms with Crippen molar-refractivity contribution < 1.29 is 14.6 Å². The van der Waals surface area contributed by atoms with Crippen molar-refractivity contribution in [3.05, 3.63) is 29.8 Å². The Hall–Kier alpha value is -1.04. The van der Waals surface area contributed by atoms with Gasteiger partial charge in [0.1, 0.15) is 6.10 Å². The Balaban J connectivity index is 2.48. The molecule has 3 N–H and O–H groups in total. The molecule has 1 aromatic carbocycles. The number of aliphatic hydroxyl groups is 1. The van der Waals surface area contributed by atoms with Crippen LogP contribution in [0.1, 0.15) is 12.5 Å². The van der Waals surface area contributed by atoms with Gasteiger partial charge in [0.15, 0.2) is 0 Å². The molecule has 0 aromatic heterocycles. The lowest BCUT2D eigenvalue weighted by Gasteiger charge is -2.15. The summed E-state index contributed by atoms with van der Waals surface area (Å²) < 4.78 is 4.99. The molecule has 88 valence electrons. The Morgan fingerprint density at radius 1 is 1.44 bits per heavy atom. The maximum absolute atomic E-state index is 10.7. The third-order valence-corrected chi connectivity index (χ3v) is 2.84. The van der Waals surface area contributed by atoms with Crippen LogP contribution in [-0.4, -0.2) is 22.7 Å². The van der Waals surface area contributed by atoms with E-state index in [4.69, 9.17) is 10.5 Å². The van der Waals surface area contributed by atoms with E-state index < -0.39 is 17.6 Å². The lowest BCUT2D eigenvalue weighted by molar-refractivity contribution is -0.138. The second-order valence-electron chi connectivity index (χ2n) is 3.42. The molecule has 5 heteroatoms. The minimum Gasteiger partial charge on any atom is -0.367 e. The molecule has 0 bridgehead atoms. The molecular formula is C11H15NO3S. The summed E-state index contributed by atoms with van der Waals surface area (Å²) >= 11 is 1.12.